The lowest BCUT2D eigenvalue weighted by Gasteiger charge is -2.35. The molecule has 0 saturated carbocycles. The SMILES string of the molecule is CNCCC(=O)N1CCc2ccccc2C1C. The molecule has 1 aromatic carbocycles. The minimum absolute atomic E-state index is 0.212. The third-order valence-electron chi connectivity index (χ3n) is 3.50. The van der Waals surface area contributed by atoms with Crippen molar-refractivity contribution in [1.82, 2.24) is 10.2 Å². The predicted molar refractivity (Wildman–Crippen MR) is 68.8 cm³/mol. The van der Waals surface area contributed by atoms with Crippen molar-refractivity contribution in [2.75, 3.05) is 20.1 Å². The van der Waals surface area contributed by atoms with Gasteiger partial charge in [-0.1, -0.05) is 24.3 Å². The van der Waals surface area contributed by atoms with Crippen LogP contribution in [0.1, 0.15) is 30.5 Å². The van der Waals surface area contributed by atoms with Crippen LogP contribution in [0, 0.1) is 0 Å². The van der Waals surface area contributed by atoms with Crippen LogP contribution in [0.15, 0.2) is 24.3 Å². The van der Waals surface area contributed by atoms with Gasteiger partial charge in [-0.3, -0.25) is 4.79 Å². The standard InChI is InChI=1S/C14H20N2O/c1-11-13-6-4-3-5-12(13)8-10-16(11)14(17)7-9-15-2/h3-6,11,15H,7-10H2,1-2H3. The summed E-state index contributed by atoms with van der Waals surface area (Å²) in [5.74, 6) is 0.251. The molecule has 1 N–H and O–H groups in total. The molecular weight excluding hydrogens is 212 g/mol. The minimum Gasteiger partial charge on any atom is -0.336 e. The zero-order valence-electron chi connectivity index (χ0n) is 10.6. The van der Waals surface area contributed by atoms with E-state index in [0.29, 0.717) is 6.42 Å². The number of carbonyl (C=O) groups excluding carboxylic acids is 1. The van der Waals surface area contributed by atoms with Gasteiger partial charge in [-0.25, -0.2) is 0 Å². The maximum absolute atomic E-state index is 12.1. The first-order valence-electron chi connectivity index (χ1n) is 6.26. The molecule has 17 heavy (non-hydrogen) atoms. The van der Waals surface area contributed by atoms with Gasteiger partial charge >= 0.3 is 0 Å². The van der Waals surface area contributed by atoms with Crippen LogP contribution in [-0.2, 0) is 11.2 Å². The lowest BCUT2D eigenvalue weighted by Crippen LogP contribution is -2.39. The summed E-state index contributed by atoms with van der Waals surface area (Å²) in [5.41, 5.74) is 2.69. The molecule has 1 aromatic rings. The Morgan fingerprint density at radius 1 is 1.47 bits per heavy atom. The molecule has 3 nitrogen and oxygen atoms in total. The van der Waals surface area contributed by atoms with Crippen LogP contribution in [0.2, 0.25) is 0 Å². The highest BCUT2D eigenvalue weighted by atomic mass is 16.2. The summed E-state index contributed by atoms with van der Waals surface area (Å²) in [4.78, 5) is 14.1. The molecular formula is C14H20N2O. The van der Waals surface area contributed by atoms with Gasteiger partial charge in [-0.2, -0.15) is 0 Å². The average Bonchev–Trinajstić information content (AvgIpc) is 2.37. The molecule has 1 heterocycles. The van der Waals surface area contributed by atoms with Crippen molar-refractivity contribution in [1.29, 1.82) is 0 Å². The fourth-order valence-electron chi connectivity index (χ4n) is 2.49. The van der Waals surface area contributed by atoms with Gasteiger partial charge in [0.1, 0.15) is 0 Å². The van der Waals surface area contributed by atoms with Gasteiger partial charge < -0.3 is 10.2 Å². The summed E-state index contributed by atoms with van der Waals surface area (Å²) in [6.07, 6.45) is 1.56. The number of nitrogens with one attached hydrogen (secondary N) is 1. The Labute approximate surface area is 103 Å². The molecule has 1 atom stereocenters. The van der Waals surface area contributed by atoms with Crippen molar-refractivity contribution in [2.45, 2.75) is 25.8 Å². The van der Waals surface area contributed by atoms with Crippen LogP contribution in [0.25, 0.3) is 0 Å². The number of nitrogens with zero attached hydrogens (tertiary/aromatic N) is 1. The van der Waals surface area contributed by atoms with Gasteiger partial charge in [0.2, 0.25) is 5.91 Å². The van der Waals surface area contributed by atoms with E-state index in [4.69, 9.17) is 0 Å². The lowest BCUT2D eigenvalue weighted by molar-refractivity contribution is -0.133. The van der Waals surface area contributed by atoms with Gasteiger partial charge in [-0.15, -0.1) is 0 Å². The van der Waals surface area contributed by atoms with Crippen molar-refractivity contribution in [2.24, 2.45) is 0 Å². The number of amides is 1. The van der Waals surface area contributed by atoms with Crippen LogP contribution < -0.4 is 5.32 Å². The van der Waals surface area contributed by atoms with E-state index < -0.39 is 0 Å². The number of carbonyl (C=O) groups is 1. The highest BCUT2D eigenvalue weighted by molar-refractivity contribution is 5.77. The van der Waals surface area contributed by atoms with E-state index in [2.05, 4.69) is 36.5 Å². The van der Waals surface area contributed by atoms with Crippen LogP contribution >= 0.6 is 0 Å². The molecule has 0 aromatic heterocycles. The lowest BCUT2D eigenvalue weighted by atomic mass is 9.93. The first kappa shape index (κ1) is 12.1. The average molecular weight is 232 g/mol. The molecule has 0 spiro atoms. The second-order valence-corrected chi connectivity index (χ2v) is 4.57. The fourth-order valence-corrected chi connectivity index (χ4v) is 2.49. The summed E-state index contributed by atoms with van der Waals surface area (Å²) < 4.78 is 0. The maximum Gasteiger partial charge on any atom is 0.224 e. The molecule has 0 saturated heterocycles. The van der Waals surface area contributed by atoms with Crippen molar-refractivity contribution >= 4 is 5.91 Å². The number of rotatable bonds is 3. The number of hydrogen-bond donors (Lipinski definition) is 1. The van der Waals surface area contributed by atoms with Gasteiger partial charge in [0, 0.05) is 19.5 Å². The van der Waals surface area contributed by atoms with Crippen LogP contribution in [0.5, 0.6) is 0 Å². The van der Waals surface area contributed by atoms with E-state index >= 15 is 0 Å². The van der Waals surface area contributed by atoms with Crippen molar-refractivity contribution in [3.63, 3.8) is 0 Å². The molecule has 92 valence electrons. The summed E-state index contributed by atoms with van der Waals surface area (Å²) in [6, 6.07) is 8.64. The zero-order chi connectivity index (χ0) is 12.3. The first-order valence-corrected chi connectivity index (χ1v) is 6.26. The molecule has 0 radical (unpaired) electrons. The van der Waals surface area contributed by atoms with E-state index in [9.17, 15) is 4.79 Å². The quantitative estimate of drug-likeness (QED) is 0.861. The third-order valence-corrected chi connectivity index (χ3v) is 3.50. The molecule has 0 fully saturated rings. The Morgan fingerprint density at radius 2 is 2.24 bits per heavy atom. The van der Waals surface area contributed by atoms with E-state index in [0.717, 1.165) is 19.5 Å². The smallest absolute Gasteiger partial charge is 0.224 e. The second kappa shape index (κ2) is 5.32. The van der Waals surface area contributed by atoms with Crippen molar-refractivity contribution < 1.29 is 4.79 Å². The van der Waals surface area contributed by atoms with Crippen molar-refractivity contribution in [3.05, 3.63) is 35.4 Å². The Balaban J connectivity index is 2.11. The van der Waals surface area contributed by atoms with E-state index in [1.807, 2.05) is 11.9 Å². The van der Waals surface area contributed by atoms with Gasteiger partial charge in [0.15, 0.2) is 0 Å². The fraction of sp³-hybridized carbons (Fsp3) is 0.500. The first-order chi connectivity index (χ1) is 8.24. The summed E-state index contributed by atoms with van der Waals surface area (Å²) in [7, 11) is 1.88. The minimum atomic E-state index is 0.212. The predicted octanol–water partition coefficient (Wildman–Crippen LogP) is 1.74. The summed E-state index contributed by atoms with van der Waals surface area (Å²) >= 11 is 0. The highest BCUT2D eigenvalue weighted by Gasteiger charge is 2.26. The van der Waals surface area contributed by atoms with E-state index in [-0.39, 0.29) is 11.9 Å². The van der Waals surface area contributed by atoms with Crippen molar-refractivity contribution in [3.8, 4) is 0 Å². The maximum atomic E-state index is 12.1. The Hall–Kier alpha value is -1.35. The summed E-state index contributed by atoms with van der Waals surface area (Å²) in [6.45, 7) is 3.72. The van der Waals surface area contributed by atoms with E-state index in [1.54, 1.807) is 0 Å². The van der Waals surface area contributed by atoms with Gasteiger partial charge in [0.05, 0.1) is 6.04 Å². The third kappa shape index (κ3) is 2.50. The molecule has 0 bridgehead atoms. The largest absolute Gasteiger partial charge is 0.336 e. The van der Waals surface area contributed by atoms with E-state index in [1.165, 1.54) is 11.1 Å². The topological polar surface area (TPSA) is 32.3 Å². The number of fused-ring (bicyclic) bond motifs is 1. The zero-order valence-corrected chi connectivity index (χ0v) is 10.6. The van der Waals surface area contributed by atoms with Crippen LogP contribution in [-0.4, -0.2) is 30.9 Å². The molecule has 1 unspecified atom stereocenters. The Kier molecular flexibility index (Phi) is 3.79. The molecule has 3 heteroatoms. The van der Waals surface area contributed by atoms with Crippen LogP contribution in [0.3, 0.4) is 0 Å². The monoisotopic (exact) mass is 232 g/mol. The number of benzene rings is 1. The molecule has 1 aliphatic heterocycles. The second-order valence-electron chi connectivity index (χ2n) is 4.57. The molecule has 1 aliphatic rings. The van der Waals surface area contributed by atoms with Crippen LogP contribution in [0.4, 0.5) is 0 Å². The molecule has 1 amide bonds. The Morgan fingerprint density at radius 3 is 3.00 bits per heavy atom. The van der Waals surface area contributed by atoms with Gasteiger partial charge in [-0.05, 0) is 31.5 Å². The number of hydrogen-bond acceptors (Lipinski definition) is 2. The highest BCUT2D eigenvalue weighted by Crippen LogP contribution is 2.29. The molecule has 0 aliphatic carbocycles. The van der Waals surface area contributed by atoms with Gasteiger partial charge in [0.25, 0.3) is 0 Å². The molecule has 2 rings (SSSR count). The summed E-state index contributed by atoms with van der Waals surface area (Å²) in [5, 5.41) is 3.02. The Bertz CT molecular complexity index is 403. The normalized spacial score (nSPS) is 18.9.